The van der Waals surface area contributed by atoms with E-state index in [9.17, 15) is 5.11 Å². The van der Waals surface area contributed by atoms with Crippen LogP contribution in [0, 0.1) is 0 Å². The third-order valence-electron chi connectivity index (χ3n) is 8.74. The molecule has 0 amide bonds. The van der Waals surface area contributed by atoms with Crippen LogP contribution in [0.3, 0.4) is 0 Å². The third kappa shape index (κ3) is 7.47. The highest BCUT2D eigenvalue weighted by molar-refractivity contribution is 6.75. The second kappa shape index (κ2) is 10.6. The first-order valence-electron chi connectivity index (χ1n) is 12.7. The molecule has 1 N–H and O–H groups in total. The monoisotopic (exact) mass is 536 g/mol. The molecule has 5 atom stereocenters. The molecule has 0 radical (unpaired) electrons. The van der Waals surface area contributed by atoms with E-state index in [0.717, 1.165) is 0 Å². The number of aliphatic hydroxyl groups excluding tert-OH is 1. The van der Waals surface area contributed by atoms with Crippen LogP contribution in [0.15, 0.2) is 0 Å². The molecule has 0 bridgehead atoms. The van der Waals surface area contributed by atoms with Crippen molar-refractivity contribution in [2.24, 2.45) is 0 Å². The molecule has 9 heteroatoms. The van der Waals surface area contributed by atoms with Crippen molar-refractivity contribution in [2.75, 3.05) is 13.7 Å². The molecule has 0 aromatic carbocycles. The van der Waals surface area contributed by atoms with Crippen molar-refractivity contribution >= 4 is 25.0 Å². The number of methoxy groups -OCH3 is 1. The van der Waals surface area contributed by atoms with Crippen molar-refractivity contribution in [1.82, 2.24) is 0 Å². The van der Waals surface area contributed by atoms with Crippen LogP contribution in [0.25, 0.3) is 0 Å². The lowest BCUT2D eigenvalue weighted by molar-refractivity contribution is -0.287. The molecule has 1 rings (SSSR count). The zero-order valence-corrected chi connectivity index (χ0v) is 28.1. The highest BCUT2D eigenvalue weighted by Gasteiger charge is 2.54. The van der Waals surface area contributed by atoms with E-state index < -0.39 is 55.7 Å². The fraction of sp³-hybridized carbons (Fsp3) is 1.00. The lowest BCUT2D eigenvalue weighted by atomic mass is 9.99. The fourth-order valence-electron chi connectivity index (χ4n) is 3.02. The van der Waals surface area contributed by atoms with Crippen molar-refractivity contribution in [3.63, 3.8) is 0 Å². The minimum Gasteiger partial charge on any atom is -0.414 e. The summed E-state index contributed by atoms with van der Waals surface area (Å²) >= 11 is 0. The van der Waals surface area contributed by atoms with Crippen LogP contribution in [0.4, 0.5) is 0 Å². The zero-order chi connectivity index (χ0) is 27.1. The highest BCUT2D eigenvalue weighted by Crippen LogP contribution is 2.43. The predicted octanol–water partition coefficient (Wildman–Crippen LogP) is 6.52. The third-order valence-corrected chi connectivity index (χ3v) is 22.2. The van der Waals surface area contributed by atoms with Gasteiger partial charge in [-0.05, 0) is 54.4 Å². The van der Waals surface area contributed by atoms with E-state index in [2.05, 4.69) is 102 Å². The molecule has 204 valence electrons. The van der Waals surface area contributed by atoms with E-state index >= 15 is 0 Å². The van der Waals surface area contributed by atoms with Gasteiger partial charge in [0.1, 0.15) is 24.4 Å². The Balaban J connectivity index is 3.36. The van der Waals surface area contributed by atoms with Gasteiger partial charge in [-0.1, -0.05) is 62.3 Å². The zero-order valence-electron chi connectivity index (χ0n) is 25.1. The Labute approximate surface area is 213 Å². The van der Waals surface area contributed by atoms with Crippen molar-refractivity contribution in [3.05, 3.63) is 0 Å². The van der Waals surface area contributed by atoms with Crippen LogP contribution in [0.2, 0.25) is 54.4 Å². The molecule has 1 aliphatic heterocycles. The molecule has 1 fully saturated rings. The first-order chi connectivity index (χ1) is 14.9. The van der Waals surface area contributed by atoms with Gasteiger partial charge in [-0.25, -0.2) is 0 Å². The Kier molecular flexibility index (Phi) is 10.2. The van der Waals surface area contributed by atoms with E-state index in [1.54, 1.807) is 7.11 Å². The lowest BCUT2D eigenvalue weighted by Crippen LogP contribution is -2.66. The standard InChI is InChI=1S/C25H56O6Si3/c1-23(2,3)32(11,12)28-17-18-19(26)20(30-33(13,14)24(4,5)6)21(22(27-10)29-18)31-34(15,16)25(7,8)9/h18-22,26H,17H2,1-16H3/t18-,19+,20+,21-,22+/m1/s1. The first kappa shape index (κ1) is 32.4. The maximum absolute atomic E-state index is 11.6. The molecule has 34 heavy (non-hydrogen) atoms. The first-order valence-corrected chi connectivity index (χ1v) is 21.5. The molecule has 0 aliphatic carbocycles. The van der Waals surface area contributed by atoms with E-state index in [1.165, 1.54) is 0 Å². The van der Waals surface area contributed by atoms with Crippen LogP contribution in [0.5, 0.6) is 0 Å². The van der Waals surface area contributed by atoms with Gasteiger partial charge in [-0.3, -0.25) is 0 Å². The average Bonchev–Trinajstić information content (AvgIpc) is 2.61. The van der Waals surface area contributed by atoms with Crippen LogP contribution in [-0.2, 0) is 22.8 Å². The summed E-state index contributed by atoms with van der Waals surface area (Å²) in [5.41, 5.74) is 0. The summed E-state index contributed by atoms with van der Waals surface area (Å²) < 4.78 is 32.3. The quantitative estimate of drug-likeness (QED) is 0.356. The molecule has 1 saturated heterocycles. The maximum atomic E-state index is 11.6. The summed E-state index contributed by atoms with van der Waals surface area (Å²) in [6, 6.07) is 0. The molecule has 0 spiro atoms. The lowest BCUT2D eigenvalue weighted by Gasteiger charge is -2.51. The molecule has 6 nitrogen and oxygen atoms in total. The second-order valence-corrected chi connectivity index (χ2v) is 28.8. The molecule has 1 aliphatic rings. The molecule has 1 heterocycles. The number of aliphatic hydroxyl groups is 1. The number of rotatable bonds is 8. The highest BCUT2D eigenvalue weighted by atomic mass is 28.4. The van der Waals surface area contributed by atoms with Gasteiger partial charge in [0, 0.05) is 7.11 Å². The molecular formula is C25H56O6Si3. The Bertz CT molecular complexity index is 661. The van der Waals surface area contributed by atoms with Gasteiger partial charge in [0.2, 0.25) is 0 Å². The van der Waals surface area contributed by atoms with Gasteiger partial charge in [-0.15, -0.1) is 0 Å². The van der Waals surface area contributed by atoms with Crippen LogP contribution in [-0.4, -0.2) is 74.5 Å². The maximum Gasteiger partial charge on any atom is 0.192 e. The van der Waals surface area contributed by atoms with Gasteiger partial charge in [0.25, 0.3) is 0 Å². The van der Waals surface area contributed by atoms with Gasteiger partial charge < -0.3 is 27.9 Å². The minimum atomic E-state index is -2.23. The van der Waals surface area contributed by atoms with E-state index in [4.69, 9.17) is 22.8 Å². The van der Waals surface area contributed by atoms with Crippen LogP contribution < -0.4 is 0 Å². The Hall–Kier alpha value is 0.411. The van der Waals surface area contributed by atoms with E-state index in [-0.39, 0.29) is 15.1 Å². The summed E-state index contributed by atoms with van der Waals surface area (Å²) in [4.78, 5) is 0. The normalized spacial score (nSPS) is 28.3. The number of hydrogen-bond donors (Lipinski definition) is 1. The summed E-state index contributed by atoms with van der Waals surface area (Å²) in [5, 5.41) is 11.7. The minimum absolute atomic E-state index is 0.0000593. The number of hydrogen-bond acceptors (Lipinski definition) is 6. The fourth-order valence-corrected chi connectivity index (χ4v) is 6.62. The summed E-state index contributed by atoms with van der Waals surface area (Å²) in [7, 11) is -4.80. The van der Waals surface area contributed by atoms with Crippen molar-refractivity contribution in [2.45, 2.75) is 147 Å². The molecular weight excluding hydrogens is 481 g/mol. The smallest absolute Gasteiger partial charge is 0.192 e. The van der Waals surface area contributed by atoms with Gasteiger partial charge in [0.15, 0.2) is 31.2 Å². The average molecular weight is 537 g/mol. The largest absolute Gasteiger partial charge is 0.414 e. The predicted molar refractivity (Wildman–Crippen MR) is 149 cm³/mol. The molecule has 0 aromatic heterocycles. The Morgan fingerprint density at radius 2 is 1.06 bits per heavy atom. The second-order valence-electron chi connectivity index (χ2n) is 14.5. The van der Waals surface area contributed by atoms with Gasteiger partial charge in [-0.2, -0.15) is 0 Å². The summed E-state index contributed by atoms with van der Waals surface area (Å²) in [6.07, 6.45) is -3.13. The van der Waals surface area contributed by atoms with Gasteiger partial charge in [0.05, 0.1) is 6.61 Å². The van der Waals surface area contributed by atoms with Crippen LogP contribution >= 0.6 is 0 Å². The summed E-state index contributed by atoms with van der Waals surface area (Å²) in [6.45, 7) is 33.5. The van der Waals surface area contributed by atoms with E-state index in [1.807, 2.05) is 0 Å². The van der Waals surface area contributed by atoms with Crippen LogP contribution in [0.1, 0.15) is 62.3 Å². The van der Waals surface area contributed by atoms with Crippen molar-refractivity contribution < 1.29 is 27.9 Å². The van der Waals surface area contributed by atoms with Gasteiger partial charge >= 0.3 is 0 Å². The molecule has 0 unspecified atom stereocenters. The van der Waals surface area contributed by atoms with E-state index in [0.29, 0.717) is 6.61 Å². The number of ether oxygens (including phenoxy) is 2. The molecule has 0 aromatic rings. The SMILES string of the molecule is CO[C@H]1O[C@H](CO[Si](C)(C)C(C)(C)C)[C@H](O)[C@H](O[Si](C)(C)C(C)(C)C)[C@H]1O[Si](C)(C)C(C)(C)C. The topological polar surface area (TPSA) is 66.4 Å². The van der Waals surface area contributed by atoms with Crippen molar-refractivity contribution in [3.8, 4) is 0 Å². The molecule has 0 saturated carbocycles. The Morgan fingerprint density at radius 1 is 0.676 bits per heavy atom. The Morgan fingerprint density at radius 3 is 1.41 bits per heavy atom. The summed E-state index contributed by atoms with van der Waals surface area (Å²) in [5.74, 6) is 0. The van der Waals surface area contributed by atoms with Crippen molar-refractivity contribution in [1.29, 1.82) is 0 Å².